The average molecular weight is 241 g/mol. The summed E-state index contributed by atoms with van der Waals surface area (Å²) in [6.07, 6.45) is 7.00. The summed E-state index contributed by atoms with van der Waals surface area (Å²) < 4.78 is 0. The maximum Gasteiger partial charge on any atom is 0.0739 e. The lowest BCUT2D eigenvalue weighted by Gasteiger charge is -2.09. The fraction of sp³-hybridized carbons (Fsp3) is 0.267. The van der Waals surface area contributed by atoms with E-state index in [1.807, 2.05) is 6.07 Å². The van der Waals surface area contributed by atoms with Gasteiger partial charge in [-0.2, -0.15) is 0 Å². The molecule has 3 N–H and O–H groups in total. The normalized spacial score (nSPS) is 10.3. The maximum atomic E-state index is 5.84. The van der Waals surface area contributed by atoms with Crippen molar-refractivity contribution in [2.75, 3.05) is 11.1 Å². The highest BCUT2D eigenvalue weighted by Crippen LogP contribution is 2.22. The van der Waals surface area contributed by atoms with Crippen LogP contribution in [-0.2, 0) is 6.42 Å². The molecular weight excluding hydrogens is 222 g/mol. The summed E-state index contributed by atoms with van der Waals surface area (Å²) in [4.78, 5) is 3.97. The van der Waals surface area contributed by atoms with Crippen LogP contribution in [-0.4, -0.2) is 4.98 Å². The van der Waals surface area contributed by atoms with Crippen molar-refractivity contribution in [1.82, 2.24) is 4.98 Å². The lowest BCUT2D eigenvalue weighted by Crippen LogP contribution is -1.96. The number of nitrogens with zero attached hydrogens (tertiary/aromatic N) is 1. The molecule has 18 heavy (non-hydrogen) atoms. The summed E-state index contributed by atoms with van der Waals surface area (Å²) in [5.74, 6) is 0. The van der Waals surface area contributed by atoms with E-state index in [9.17, 15) is 0 Å². The summed E-state index contributed by atoms with van der Waals surface area (Å²) in [6, 6.07) is 10.4. The quantitative estimate of drug-likeness (QED) is 0.838. The smallest absolute Gasteiger partial charge is 0.0739 e. The van der Waals surface area contributed by atoms with E-state index < -0.39 is 0 Å². The second-order valence-corrected chi connectivity index (χ2v) is 4.39. The van der Waals surface area contributed by atoms with Crippen molar-refractivity contribution < 1.29 is 0 Å². The number of hydrogen-bond donors (Lipinski definition) is 2. The van der Waals surface area contributed by atoms with E-state index in [1.165, 1.54) is 18.4 Å². The van der Waals surface area contributed by atoms with Crippen LogP contribution >= 0.6 is 0 Å². The second-order valence-electron chi connectivity index (χ2n) is 4.39. The Morgan fingerprint density at radius 3 is 2.61 bits per heavy atom. The van der Waals surface area contributed by atoms with E-state index in [0.29, 0.717) is 5.69 Å². The molecule has 0 fully saturated rings. The van der Waals surface area contributed by atoms with Gasteiger partial charge in [0.1, 0.15) is 0 Å². The number of nitrogens with one attached hydrogen (secondary N) is 1. The van der Waals surface area contributed by atoms with Crippen molar-refractivity contribution in [2.45, 2.75) is 26.2 Å². The summed E-state index contributed by atoms with van der Waals surface area (Å²) >= 11 is 0. The van der Waals surface area contributed by atoms with Crippen LogP contribution in [0.2, 0.25) is 0 Å². The van der Waals surface area contributed by atoms with Gasteiger partial charge in [0, 0.05) is 11.9 Å². The van der Waals surface area contributed by atoms with E-state index in [4.69, 9.17) is 5.73 Å². The van der Waals surface area contributed by atoms with E-state index in [0.717, 1.165) is 17.8 Å². The van der Waals surface area contributed by atoms with Crippen molar-refractivity contribution in [2.24, 2.45) is 0 Å². The van der Waals surface area contributed by atoms with Crippen LogP contribution < -0.4 is 11.1 Å². The molecule has 0 saturated carbocycles. The van der Waals surface area contributed by atoms with Crippen molar-refractivity contribution >= 4 is 17.1 Å². The molecule has 0 spiro atoms. The molecule has 0 atom stereocenters. The Hall–Kier alpha value is -2.03. The first kappa shape index (κ1) is 12.4. The Labute approximate surface area is 108 Å². The Morgan fingerprint density at radius 2 is 1.94 bits per heavy atom. The zero-order valence-corrected chi connectivity index (χ0v) is 10.7. The van der Waals surface area contributed by atoms with Crippen molar-refractivity contribution in [3.8, 4) is 0 Å². The van der Waals surface area contributed by atoms with Gasteiger partial charge < -0.3 is 11.1 Å². The molecule has 2 aromatic rings. The van der Waals surface area contributed by atoms with Gasteiger partial charge in [0.2, 0.25) is 0 Å². The third kappa shape index (κ3) is 3.23. The second kappa shape index (κ2) is 6.05. The predicted octanol–water partition coefficient (Wildman–Crippen LogP) is 3.75. The molecule has 1 heterocycles. The van der Waals surface area contributed by atoms with Crippen molar-refractivity contribution in [3.05, 3.63) is 48.3 Å². The van der Waals surface area contributed by atoms with E-state index in [1.54, 1.807) is 12.4 Å². The third-order valence-corrected chi connectivity index (χ3v) is 2.90. The minimum Gasteiger partial charge on any atom is -0.396 e. The third-order valence-electron chi connectivity index (χ3n) is 2.90. The number of unbranched alkanes of at least 4 members (excludes halogenated alkanes) is 1. The van der Waals surface area contributed by atoms with Crippen molar-refractivity contribution in [1.29, 1.82) is 0 Å². The van der Waals surface area contributed by atoms with Gasteiger partial charge in [-0.15, -0.1) is 0 Å². The monoisotopic (exact) mass is 241 g/mol. The molecule has 0 saturated heterocycles. The number of hydrogen-bond acceptors (Lipinski definition) is 3. The van der Waals surface area contributed by atoms with Crippen LogP contribution in [0.25, 0.3) is 0 Å². The van der Waals surface area contributed by atoms with Gasteiger partial charge in [0.15, 0.2) is 0 Å². The van der Waals surface area contributed by atoms with Crippen LogP contribution in [0.4, 0.5) is 17.1 Å². The Bertz CT molecular complexity index is 491. The highest BCUT2D eigenvalue weighted by molar-refractivity contribution is 5.71. The van der Waals surface area contributed by atoms with Gasteiger partial charge in [0.05, 0.1) is 17.6 Å². The molecule has 2 rings (SSSR count). The zero-order chi connectivity index (χ0) is 12.8. The minimum atomic E-state index is 0.660. The molecule has 0 aliphatic carbocycles. The number of aromatic nitrogens is 1. The fourth-order valence-electron chi connectivity index (χ4n) is 1.81. The zero-order valence-electron chi connectivity index (χ0n) is 10.7. The first-order valence-electron chi connectivity index (χ1n) is 6.35. The number of nitrogen functional groups attached to an aromatic ring is 1. The molecular formula is C15H19N3. The van der Waals surface area contributed by atoms with E-state index >= 15 is 0 Å². The minimum absolute atomic E-state index is 0.660. The molecule has 0 aliphatic rings. The lowest BCUT2D eigenvalue weighted by molar-refractivity contribution is 0.795. The van der Waals surface area contributed by atoms with Crippen LogP contribution in [0.1, 0.15) is 25.3 Å². The number of benzene rings is 1. The van der Waals surface area contributed by atoms with Gasteiger partial charge in [-0.25, -0.2) is 0 Å². The van der Waals surface area contributed by atoms with Gasteiger partial charge in [-0.1, -0.05) is 25.5 Å². The van der Waals surface area contributed by atoms with Crippen LogP contribution in [0.5, 0.6) is 0 Å². The summed E-state index contributed by atoms with van der Waals surface area (Å²) in [6.45, 7) is 2.21. The lowest BCUT2D eigenvalue weighted by atomic mass is 10.1. The Balaban J connectivity index is 2.04. The highest BCUT2D eigenvalue weighted by atomic mass is 14.9. The Morgan fingerprint density at radius 1 is 1.17 bits per heavy atom. The summed E-state index contributed by atoms with van der Waals surface area (Å²) in [5, 5.41) is 3.29. The topological polar surface area (TPSA) is 50.9 Å². The molecule has 0 unspecified atom stereocenters. The van der Waals surface area contributed by atoms with Gasteiger partial charge in [-0.3, -0.25) is 4.98 Å². The van der Waals surface area contributed by atoms with Crippen LogP contribution in [0.15, 0.2) is 42.7 Å². The number of pyridine rings is 1. The molecule has 94 valence electrons. The number of anilines is 3. The largest absolute Gasteiger partial charge is 0.396 e. The van der Waals surface area contributed by atoms with E-state index in [2.05, 4.69) is 41.5 Å². The highest BCUT2D eigenvalue weighted by Gasteiger charge is 1.99. The molecule has 3 heteroatoms. The van der Waals surface area contributed by atoms with Crippen LogP contribution in [0, 0.1) is 0 Å². The molecule has 0 bridgehead atoms. The summed E-state index contributed by atoms with van der Waals surface area (Å²) in [7, 11) is 0. The van der Waals surface area contributed by atoms with Crippen molar-refractivity contribution in [3.63, 3.8) is 0 Å². The first-order chi connectivity index (χ1) is 8.79. The molecule has 1 aromatic heterocycles. The molecule has 0 amide bonds. The van der Waals surface area contributed by atoms with E-state index in [-0.39, 0.29) is 0 Å². The van der Waals surface area contributed by atoms with Gasteiger partial charge in [-0.05, 0) is 36.6 Å². The summed E-state index contributed by atoms with van der Waals surface area (Å²) in [5.41, 5.74) is 9.82. The Kier molecular flexibility index (Phi) is 4.18. The average Bonchev–Trinajstić information content (AvgIpc) is 2.41. The van der Waals surface area contributed by atoms with Gasteiger partial charge >= 0.3 is 0 Å². The first-order valence-corrected chi connectivity index (χ1v) is 6.35. The standard InChI is InChI=1S/C15H19N3/c1-2-3-4-12-5-7-13(8-6-12)18-15-9-10-17-11-14(15)16/h5-11H,2-4,16H2,1H3,(H,17,18). The number of aryl methyl sites for hydroxylation is 1. The molecule has 3 nitrogen and oxygen atoms in total. The maximum absolute atomic E-state index is 5.84. The number of rotatable bonds is 5. The van der Waals surface area contributed by atoms with Gasteiger partial charge in [0.25, 0.3) is 0 Å². The predicted molar refractivity (Wildman–Crippen MR) is 77.0 cm³/mol. The van der Waals surface area contributed by atoms with Crippen LogP contribution in [0.3, 0.4) is 0 Å². The SMILES string of the molecule is CCCCc1ccc(Nc2ccncc2N)cc1. The molecule has 1 aromatic carbocycles. The fourth-order valence-corrected chi connectivity index (χ4v) is 1.81. The molecule has 0 aliphatic heterocycles. The number of nitrogens with two attached hydrogens (primary N) is 1. The molecule has 0 radical (unpaired) electrons.